The van der Waals surface area contributed by atoms with Gasteiger partial charge in [-0.15, -0.1) is 0 Å². The molecule has 0 unspecified atom stereocenters. The molecule has 0 fully saturated rings. The van der Waals surface area contributed by atoms with E-state index in [4.69, 9.17) is 0 Å². The van der Waals surface area contributed by atoms with E-state index in [2.05, 4.69) is 35.9 Å². The van der Waals surface area contributed by atoms with Crippen LogP contribution in [0.1, 0.15) is 31.5 Å². The second-order valence-corrected chi connectivity index (χ2v) is 8.81. The maximum Gasteiger partial charge on any atom is 0.255 e. The Labute approximate surface area is 189 Å². The van der Waals surface area contributed by atoms with E-state index in [0.717, 1.165) is 53.3 Å². The number of aromatic nitrogens is 2. The van der Waals surface area contributed by atoms with Crippen molar-refractivity contribution in [2.24, 2.45) is 0 Å². The maximum absolute atomic E-state index is 13.3. The largest absolute Gasteiger partial charge is 0.306 e. The molecule has 5 nitrogen and oxygen atoms in total. The molecule has 32 heavy (non-hydrogen) atoms. The van der Waals surface area contributed by atoms with Crippen LogP contribution in [0, 0.1) is 6.92 Å². The zero-order valence-corrected chi connectivity index (χ0v) is 18.8. The van der Waals surface area contributed by atoms with Crippen molar-refractivity contribution in [2.45, 2.75) is 33.2 Å². The van der Waals surface area contributed by atoms with E-state index in [9.17, 15) is 4.79 Å². The van der Waals surface area contributed by atoms with Crippen LogP contribution in [-0.2, 0) is 4.79 Å². The smallest absolute Gasteiger partial charge is 0.255 e. The molecule has 2 aromatic heterocycles. The fraction of sp³-hybridized carbons (Fsp3) is 0.259. The van der Waals surface area contributed by atoms with Crippen molar-refractivity contribution in [3.05, 3.63) is 101 Å². The third kappa shape index (κ3) is 3.92. The van der Waals surface area contributed by atoms with Crippen molar-refractivity contribution in [2.75, 3.05) is 13.1 Å². The second kappa shape index (κ2) is 8.24. The minimum Gasteiger partial charge on any atom is -0.306 e. The molecule has 0 N–H and O–H groups in total. The quantitative estimate of drug-likeness (QED) is 0.711. The molecule has 0 aromatic carbocycles. The minimum atomic E-state index is -0.0421. The van der Waals surface area contributed by atoms with Gasteiger partial charge in [0.2, 0.25) is 0 Å². The summed E-state index contributed by atoms with van der Waals surface area (Å²) in [7, 11) is 0. The zero-order valence-electron chi connectivity index (χ0n) is 18.8. The number of fused-ring (bicyclic) bond motifs is 2. The van der Waals surface area contributed by atoms with Gasteiger partial charge in [0.1, 0.15) is 5.65 Å². The highest BCUT2D eigenvalue weighted by molar-refractivity contribution is 6.00. The number of hydrogen-bond acceptors (Lipinski definition) is 3. The number of nitrogens with zero attached hydrogens (tertiary/aromatic N) is 4. The number of aryl methyl sites for hydroxylation is 1. The van der Waals surface area contributed by atoms with Crippen molar-refractivity contribution >= 4 is 17.1 Å². The number of pyridine rings is 1. The predicted octanol–water partition coefficient (Wildman–Crippen LogP) is 4.80. The highest BCUT2D eigenvalue weighted by Gasteiger charge is 2.22. The molecule has 5 heterocycles. The molecule has 0 aliphatic carbocycles. The van der Waals surface area contributed by atoms with E-state index in [1.54, 1.807) is 11.0 Å². The van der Waals surface area contributed by atoms with Crippen molar-refractivity contribution in [3.8, 4) is 0 Å². The molecule has 162 valence electrons. The van der Waals surface area contributed by atoms with Crippen molar-refractivity contribution < 1.29 is 4.79 Å². The van der Waals surface area contributed by atoms with Crippen molar-refractivity contribution in [1.82, 2.24) is 19.2 Å². The number of carbonyl (C=O) groups excluding carboxylic acids is 1. The van der Waals surface area contributed by atoms with Gasteiger partial charge in [0, 0.05) is 49.5 Å². The van der Waals surface area contributed by atoms with Gasteiger partial charge in [-0.25, -0.2) is 4.98 Å². The fourth-order valence-electron chi connectivity index (χ4n) is 4.41. The molecular formula is C27H28N4O. The molecule has 0 saturated carbocycles. The number of hydrogen-bond donors (Lipinski definition) is 0. The van der Waals surface area contributed by atoms with Crippen LogP contribution in [-0.4, -0.2) is 44.2 Å². The van der Waals surface area contributed by atoms with Gasteiger partial charge < -0.3 is 4.40 Å². The molecule has 1 amide bonds. The lowest BCUT2D eigenvalue weighted by molar-refractivity contribution is -0.122. The topological polar surface area (TPSA) is 40.9 Å². The average Bonchev–Trinajstić information content (AvgIpc) is 3.16. The van der Waals surface area contributed by atoms with Crippen LogP contribution in [0.3, 0.4) is 0 Å². The Morgan fingerprint density at radius 2 is 1.94 bits per heavy atom. The van der Waals surface area contributed by atoms with Gasteiger partial charge in [-0.05, 0) is 73.8 Å². The van der Waals surface area contributed by atoms with Crippen LogP contribution >= 0.6 is 0 Å². The van der Waals surface area contributed by atoms with E-state index in [1.807, 2.05) is 66.4 Å². The molecule has 0 spiro atoms. The molecule has 2 aromatic rings. The lowest BCUT2D eigenvalue weighted by Crippen LogP contribution is -2.35. The number of allylic oxidation sites excluding steroid dienone is 7. The predicted molar refractivity (Wildman–Crippen MR) is 129 cm³/mol. The van der Waals surface area contributed by atoms with Gasteiger partial charge in [0.25, 0.3) is 5.91 Å². The Kier molecular flexibility index (Phi) is 5.27. The molecule has 0 atom stereocenters. The molecule has 0 saturated heterocycles. The second-order valence-electron chi connectivity index (χ2n) is 8.81. The summed E-state index contributed by atoms with van der Waals surface area (Å²) >= 11 is 0. The van der Waals surface area contributed by atoms with Gasteiger partial charge in [-0.2, -0.15) is 0 Å². The summed E-state index contributed by atoms with van der Waals surface area (Å²) in [5.41, 5.74) is 7.05. The first-order chi connectivity index (χ1) is 15.5. The molecular weight excluding hydrogens is 396 g/mol. The van der Waals surface area contributed by atoms with Crippen molar-refractivity contribution in [3.63, 3.8) is 0 Å². The minimum absolute atomic E-state index is 0.0421. The number of carbonyl (C=O) groups is 1. The van der Waals surface area contributed by atoms with Crippen molar-refractivity contribution in [1.29, 1.82) is 0 Å². The van der Waals surface area contributed by atoms with Crippen LogP contribution in [0.2, 0.25) is 0 Å². The molecule has 0 bridgehead atoms. The number of rotatable bonds is 3. The van der Waals surface area contributed by atoms with Gasteiger partial charge in [0.15, 0.2) is 0 Å². The Balaban J connectivity index is 1.44. The Morgan fingerprint density at radius 3 is 2.72 bits per heavy atom. The summed E-state index contributed by atoms with van der Waals surface area (Å²) in [6.45, 7) is 8.45. The summed E-state index contributed by atoms with van der Waals surface area (Å²) in [6.07, 6.45) is 21.2. The monoisotopic (exact) mass is 424 g/mol. The first-order valence-electron chi connectivity index (χ1n) is 11.2. The van der Waals surface area contributed by atoms with E-state index < -0.39 is 0 Å². The van der Waals surface area contributed by atoms with Crippen LogP contribution in [0.15, 0.2) is 90.1 Å². The summed E-state index contributed by atoms with van der Waals surface area (Å²) in [5, 5.41) is 0. The summed E-state index contributed by atoms with van der Waals surface area (Å²) in [5.74, 6) is -0.0421. The van der Waals surface area contributed by atoms with E-state index in [-0.39, 0.29) is 5.91 Å². The summed E-state index contributed by atoms with van der Waals surface area (Å²) < 4.78 is 2.00. The normalized spacial score (nSPS) is 23.6. The van der Waals surface area contributed by atoms with Gasteiger partial charge in [-0.3, -0.25) is 14.6 Å². The maximum atomic E-state index is 13.3. The lowest BCUT2D eigenvalue weighted by atomic mass is 9.96. The van der Waals surface area contributed by atoms with Gasteiger partial charge >= 0.3 is 0 Å². The highest BCUT2D eigenvalue weighted by Crippen LogP contribution is 2.29. The number of imidazole rings is 1. The van der Waals surface area contributed by atoms with Crippen LogP contribution in [0.25, 0.3) is 11.2 Å². The summed E-state index contributed by atoms with van der Waals surface area (Å²) in [6, 6.07) is 4.55. The highest BCUT2D eigenvalue weighted by atomic mass is 16.2. The standard InChI is InChI=1S/C27H28N4O/c1-19(2)29-13-11-21(12-14-29)24-7-9-25-6-4-5-22(15-27(32)31(25)18-24)23-8-10-26-28-20(3)16-30(26)17-23/h4-11,15-19H,12-14H2,1-3H3/b5-4+,22-15+,25-6+. The molecule has 5 heteroatoms. The molecule has 3 aliphatic heterocycles. The SMILES string of the molecule is Cc1cn2cc(C3=C\C(=O)N4C=C(C5=CCN(C(C)C)CC5)C=C\C4=C/C=C/3)ccc2n1. The fourth-order valence-corrected chi connectivity index (χ4v) is 4.41. The third-order valence-electron chi connectivity index (χ3n) is 6.29. The van der Waals surface area contributed by atoms with Gasteiger partial charge in [-0.1, -0.05) is 24.3 Å². The first-order valence-corrected chi connectivity index (χ1v) is 11.2. The van der Waals surface area contributed by atoms with Crippen LogP contribution in [0.4, 0.5) is 0 Å². The van der Waals surface area contributed by atoms with E-state index >= 15 is 0 Å². The lowest BCUT2D eigenvalue weighted by Gasteiger charge is -2.31. The first kappa shape index (κ1) is 20.5. The Bertz CT molecular complexity index is 1270. The van der Waals surface area contributed by atoms with E-state index in [0.29, 0.717) is 6.04 Å². The van der Waals surface area contributed by atoms with E-state index in [1.165, 1.54) is 5.57 Å². The molecule has 3 aliphatic rings. The Morgan fingerprint density at radius 1 is 1.06 bits per heavy atom. The Hall–Kier alpha value is -3.44. The zero-order chi connectivity index (χ0) is 22.2. The summed E-state index contributed by atoms with van der Waals surface area (Å²) in [4.78, 5) is 22.0. The van der Waals surface area contributed by atoms with Crippen LogP contribution < -0.4 is 0 Å². The number of amides is 1. The molecule has 0 radical (unpaired) electrons. The third-order valence-corrected chi connectivity index (χ3v) is 6.29. The van der Waals surface area contributed by atoms with Crippen LogP contribution in [0.5, 0.6) is 0 Å². The van der Waals surface area contributed by atoms with Gasteiger partial charge in [0.05, 0.1) is 5.69 Å². The molecule has 5 rings (SSSR count). The average molecular weight is 425 g/mol.